The minimum Gasteiger partial charge on any atom is -0.483 e. The molecule has 0 fully saturated rings. The zero-order valence-corrected chi connectivity index (χ0v) is 6.90. The highest BCUT2D eigenvalue weighted by Crippen LogP contribution is 2.05. The van der Waals surface area contributed by atoms with Crippen LogP contribution in [0.15, 0.2) is 24.3 Å². The third kappa shape index (κ3) is 3.73. The van der Waals surface area contributed by atoms with Crippen LogP contribution in [0.3, 0.4) is 0 Å². The molecule has 3 nitrogen and oxygen atoms in total. The molecule has 66 valence electrons. The number of hydrogen-bond acceptors (Lipinski definition) is 2. The molecule has 0 saturated carbocycles. The zero-order chi connectivity index (χ0) is 9.40. The smallest absolute Gasteiger partial charge is 0.290 e. The van der Waals surface area contributed by atoms with Gasteiger partial charge in [-0.2, -0.15) is 0 Å². The van der Waals surface area contributed by atoms with Crippen LogP contribution >= 0.6 is 0 Å². The summed E-state index contributed by atoms with van der Waals surface area (Å²) < 4.78 is 0. The number of benzene rings is 1. The van der Waals surface area contributed by atoms with Gasteiger partial charge in [0.1, 0.15) is 0 Å². The average Bonchev–Trinajstić information content (AvgIpc) is 2.07. The monoisotopic (exact) mass is 168 g/mol. The normalized spacial score (nSPS) is 8.17. The Balaban J connectivity index is 0.000000354. The van der Waals surface area contributed by atoms with Crippen molar-refractivity contribution in [3.8, 4) is 0 Å². The standard InChI is InChI=1S/C8H10O.CH2O2/c1-7-4-2-3-5-8(7)6-9;2-1-3/h2-5,9H,6H2,1H3;1H,(H,2,3). The Kier molecular flexibility index (Phi) is 5.65. The summed E-state index contributed by atoms with van der Waals surface area (Å²) in [4.78, 5) is 8.36. The molecule has 0 radical (unpaired) electrons. The van der Waals surface area contributed by atoms with Crippen LogP contribution in [0, 0.1) is 6.92 Å². The van der Waals surface area contributed by atoms with Gasteiger partial charge in [0, 0.05) is 0 Å². The van der Waals surface area contributed by atoms with Crippen molar-refractivity contribution >= 4 is 6.47 Å². The molecule has 0 heterocycles. The van der Waals surface area contributed by atoms with Crippen molar-refractivity contribution in [2.45, 2.75) is 13.5 Å². The lowest BCUT2D eigenvalue weighted by Crippen LogP contribution is -1.85. The predicted molar refractivity (Wildman–Crippen MR) is 45.8 cm³/mol. The summed E-state index contributed by atoms with van der Waals surface area (Å²) in [6, 6.07) is 7.81. The highest BCUT2D eigenvalue weighted by molar-refractivity contribution is 5.32. The van der Waals surface area contributed by atoms with E-state index in [1.807, 2.05) is 31.2 Å². The van der Waals surface area contributed by atoms with E-state index < -0.39 is 0 Å². The van der Waals surface area contributed by atoms with Crippen LogP contribution in [0.5, 0.6) is 0 Å². The first-order valence-corrected chi connectivity index (χ1v) is 3.49. The lowest BCUT2D eigenvalue weighted by atomic mass is 10.1. The number of aliphatic hydroxyl groups excluding tert-OH is 1. The number of aliphatic hydroxyl groups is 1. The predicted octanol–water partition coefficient (Wildman–Crippen LogP) is 1.19. The van der Waals surface area contributed by atoms with Gasteiger partial charge in [-0.05, 0) is 18.1 Å². The molecule has 0 atom stereocenters. The molecule has 1 rings (SSSR count). The average molecular weight is 168 g/mol. The zero-order valence-electron chi connectivity index (χ0n) is 6.90. The number of aryl methyl sites for hydroxylation is 1. The maximum absolute atomic E-state index is 8.72. The number of carboxylic acid groups (broad SMARTS) is 1. The molecule has 12 heavy (non-hydrogen) atoms. The van der Waals surface area contributed by atoms with Gasteiger partial charge in [0.15, 0.2) is 0 Å². The molecular formula is C9H12O3. The van der Waals surface area contributed by atoms with Gasteiger partial charge in [-0.1, -0.05) is 24.3 Å². The summed E-state index contributed by atoms with van der Waals surface area (Å²) in [7, 11) is 0. The second-order valence-corrected chi connectivity index (χ2v) is 2.19. The van der Waals surface area contributed by atoms with Gasteiger partial charge in [0.05, 0.1) is 6.61 Å². The summed E-state index contributed by atoms with van der Waals surface area (Å²) >= 11 is 0. The first-order valence-electron chi connectivity index (χ1n) is 3.49. The van der Waals surface area contributed by atoms with Gasteiger partial charge in [0.25, 0.3) is 6.47 Å². The van der Waals surface area contributed by atoms with Crippen LogP contribution in [-0.2, 0) is 11.4 Å². The summed E-state index contributed by atoms with van der Waals surface area (Å²) in [5.74, 6) is 0. The molecule has 3 heteroatoms. The minimum absolute atomic E-state index is 0.146. The van der Waals surface area contributed by atoms with E-state index in [9.17, 15) is 0 Å². The van der Waals surface area contributed by atoms with Crippen LogP contribution in [0.4, 0.5) is 0 Å². The van der Waals surface area contributed by atoms with Crippen LogP contribution in [0.25, 0.3) is 0 Å². The van der Waals surface area contributed by atoms with E-state index in [2.05, 4.69) is 0 Å². The molecule has 0 aliphatic rings. The maximum atomic E-state index is 8.72. The van der Waals surface area contributed by atoms with E-state index >= 15 is 0 Å². The molecular weight excluding hydrogens is 156 g/mol. The lowest BCUT2D eigenvalue weighted by Gasteiger charge is -1.97. The van der Waals surface area contributed by atoms with Gasteiger partial charge in [-0.3, -0.25) is 4.79 Å². The van der Waals surface area contributed by atoms with Crippen molar-refractivity contribution in [1.29, 1.82) is 0 Å². The summed E-state index contributed by atoms with van der Waals surface area (Å²) in [5.41, 5.74) is 2.16. The molecule has 1 aromatic rings. The number of carbonyl (C=O) groups is 1. The van der Waals surface area contributed by atoms with Crippen LogP contribution in [-0.4, -0.2) is 16.7 Å². The Labute approximate surface area is 71.3 Å². The van der Waals surface area contributed by atoms with Crippen molar-refractivity contribution < 1.29 is 15.0 Å². The van der Waals surface area contributed by atoms with Gasteiger partial charge in [-0.25, -0.2) is 0 Å². The molecule has 0 amide bonds. The Morgan fingerprint density at radius 3 is 2.25 bits per heavy atom. The van der Waals surface area contributed by atoms with E-state index in [1.54, 1.807) is 0 Å². The van der Waals surface area contributed by atoms with Gasteiger partial charge >= 0.3 is 0 Å². The van der Waals surface area contributed by atoms with Gasteiger partial charge < -0.3 is 10.2 Å². The Morgan fingerprint density at radius 1 is 1.42 bits per heavy atom. The Hall–Kier alpha value is -1.35. The second-order valence-electron chi connectivity index (χ2n) is 2.19. The second kappa shape index (κ2) is 6.37. The number of rotatable bonds is 1. The van der Waals surface area contributed by atoms with E-state index in [0.29, 0.717) is 0 Å². The van der Waals surface area contributed by atoms with Crippen LogP contribution < -0.4 is 0 Å². The van der Waals surface area contributed by atoms with Crippen molar-refractivity contribution in [2.24, 2.45) is 0 Å². The quantitative estimate of drug-likeness (QED) is 0.619. The first kappa shape index (κ1) is 10.7. The van der Waals surface area contributed by atoms with E-state index in [4.69, 9.17) is 15.0 Å². The molecule has 0 spiro atoms. The minimum atomic E-state index is -0.250. The highest BCUT2D eigenvalue weighted by atomic mass is 16.3. The van der Waals surface area contributed by atoms with Crippen molar-refractivity contribution in [3.05, 3.63) is 35.4 Å². The van der Waals surface area contributed by atoms with E-state index in [0.717, 1.165) is 11.1 Å². The van der Waals surface area contributed by atoms with E-state index in [-0.39, 0.29) is 13.1 Å². The molecule has 1 aromatic carbocycles. The molecule has 0 aliphatic heterocycles. The molecule has 0 aromatic heterocycles. The molecule has 2 N–H and O–H groups in total. The Bertz CT molecular complexity index is 233. The van der Waals surface area contributed by atoms with Gasteiger partial charge in [-0.15, -0.1) is 0 Å². The van der Waals surface area contributed by atoms with Crippen molar-refractivity contribution in [1.82, 2.24) is 0 Å². The third-order valence-corrected chi connectivity index (χ3v) is 1.43. The molecule has 0 unspecified atom stereocenters. The topological polar surface area (TPSA) is 57.5 Å². The lowest BCUT2D eigenvalue weighted by molar-refractivity contribution is -0.122. The Morgan fingerprint density at radius 2 is 1.92 bits per heavy atom. The largest absolute Gasteiger partial charge is 0.483 e. The summed E-state index contributed by atoms with van der Waals surface area (Å²) in [6.45, 7) is 1.89. The van der Waals surface area contributed by atoms with Crippen molar-refractivity contribution in [2.75, 3.05) is 0 Å². The van der Waals surface area contributed by atoms with Gasteiger partial charge in [0.2, 0.25) is 0 Å². The fourth-order valence-electron chi connectivity index (χ4n) is 0.787. The first-order chi connectivity index (χ1) is 5.76. The molecule has 0 saturated heterocycles. The fraction of sp³-hybridized carbons (Fsp3) is 0.222. The van der Waals surface area contributed by atoms with E-state index in [1.165, 1.54) is 0 Å². The summed E-state index contributed by atoms with van der Waals surface area (Å²) in [6.07, 6.45) is 0. The molecule has 0 aliphatic carbocycles. The third-order valence-electron chi connectivity index (χ3n) is 1.43. The van der Waals surface area contributed by atoms with Crippen LogP contribution in [0.1, 0.15) is 11.1 Å². The molecule has 0 bridgehead atoms. The maximum Gasteiger partial charge on any atom is 0.290 e. The fourth-order valence-corrected chi connectivity index (χ4v) is 0.787. The van der Waals surface area contributed by atoms with Crippen LogP contribution in [0.2, 0.25) is 0 Å². The highest BCUT2D eigenvalue weighted by Gasteiger charge is 1.90. The SMILES string of the molecule is Cc1ccccc1CO.O=CO. The van der Waals surface area contributed by atoms with Crippen molar-refractivity contribution in [3.63, 3.8) is 0 Å². The summed E-state index contributed by atoms with van der Waals surface area (Å²) in [5, 5.41) is 15.6. The number of hydrogen-bond donors (Lipinski definition) is 2.